The van der Waals surface area contributed by atoms with Gasteiger partial charge in [-0.25, -0.2) is 0 Å². The molecule has 3 aromatic rings. The molecule has 1 heterocycles. The molecule has 2 aromatic carbocycles. The Kier molecular flexibility index (Phi) is 6.13. The molecule has 0 amide bonds. The second kappa shape index (κ2) is 8.92. The summed E-state index contributed by atoms with van der Waals surface area (Å²) < 4.78 is 11.5. The molecule has 0 atom stereocenters. The van der Waals surface area contributed by atoms with E-state index in [1.165, 1.54) is 0 Å². The zero-order valence-electron chi connectivity index (χ0n) is 16.0. The topological polar surface area (TPSA) is 75.1 Å². The molecule has 28 heavy (non-hydrogen) atoms. The number of H-pyrrole nitrogens is 1. The third-order valence-corrected chi connectivity index (χ3v) is 4.26. The van der Waals surface area contributed by atoms with Gasteiger partial charge in [-0.2, -0.15) is 5.26 Å². The summed E-state index contributed by atoms with van der Waals surface area (Å²) in [7, 11) is 0. The number of carbonyl (C=O) groups excluding carboxylic acids is 1. The van der Waals surface area contributed by atoms with Crippen molar-refractivity contribution in [2.24, 2.45) is 0 Å². The van der Waals surface area contributed by atoms with Gasteiger partial charge < -0.3 is 14.5 Å². The lowest BCUT2D eigenvalue weighted by Gasteiger charge is -2.14. The van der Waals surface area contributed by atoms with E-state index in [0.29, 0.717) is 35.8 Å². The Morgan fingerprint density at radius 1 is 1.14 bits per heavy atom. The second-order valence-electron chi connectivity index (χ2n) is 6.20. The normalized spacial score (nSPS) is 11.2. The van der Waals surface area contributed by atoms with Gasteiger partial charge in [0.05, 0.1) is 13.2 Å². The van der Waals surface area contributed by atoms with Crippen molar-refractivity contribution in [3.05, 3.63) is 65.4 Å². The zero-order chi connectivity index (χ0) is 19.9. The molecule has 0 aliphatic rings. The van der Waals surface area contributed by atoms with Gasteiger partial charge in [0, 0.05) is 28.2 Å². The van der Waals surface area contributed by atoms with Crippen LogP contribution in [0.25, 0.3) is 17.0 Å². The van der Waals surface area contributed by atoms with Crippen LogP contribution < -0.4 is 9.47 Å². The van der Waals surface area contributed by atoms with Crippen molar-refractivity contribution >= 4 is 22.8 Å². The highest BCUT2D eigenvalue weighted by Crippen LogP contribution is 2.33. The van der Waals surface area contributed by atoms with Crippen LogP contribution in [0.1, 0.15) is 36.2 Å². The van der Waals surface area contributed by atoms with E-state index < -0.39 is 0 Å². The fourth-order valence-electron chi connectivity index (χ4n) is 2.98. The maximum atomic E-state index is 13.0. The average molecular weight is 374 g/mol. The van der Waals surface area contributed by atoms with Gasteiger partial charge in [-0.3, -0.25) is 4.79 Å². The summed E-state index contributed by atoms with van der Waals surface area (Å²) in [4.78, 5) is 16.1. The molecule has 0 saturated carbocycles. The molecule has 0 spiro atoms. The fourth-order valence-corrected chi connectivity index (χ4v) is 2.98. The summed E-state index contributed by atoms with van der Waals surface area (Å²) in [5.74, 6) is 0.815. The molecule has 142 valence electrons. The Balaban J connectivity index is 2.04. The van der Waals surface area contributed by atoms with Crippen LogP contribution in [0.4, 0.5) is 0 Å². The van der Waals surface area contributed by atoms with Crippen molar-refractivity contribution < 1.29 is 14.3 Å². The number of carbonyl (C=O) groups is 1. The summed E-state index contributed by atoms with van der Waals surface area (Å²) >= 11 is 0. The molecule has 0 saturated heterocycles. The first-order valence-corrected chi connectivity index (χ1v) is 9.30. The number of Topliss-reactive ketones (excluding diaryl/α,β-unsaturated/α-hetero) is 1. The summed E-state index contributed by atoms with van der Waals surface area (Å²) in [5, 5.41) is 10.4. The van der Waals surface area contributed by atoms with Gasteiger partial charge >= 0.3 is 0 Å². The van der Waals surface area contributed by atoms with Gasteiger partial charge in [0.1, 0.15) is 11.6 Å². The quantitative estimate of drug-likeness (QED) is 0.336. The van der Waals surface area contributed by atoms with Crippen LogP contribution in [0.5, 0.6) is 11.5 Å². The SMILES string of the molecule is CCCOc1c(/C=C(\C#N)C(=O)c2c[nH]c3ccccc23)cccc1OCC. The standard InChI is InChI=1S/C23H22N2O3/c1-3-12-28-23-16(8-7-11-21(23)27-4-2)13-17(14-24)22(26)19-15-25-20-10-6-5-9-18(19)20/h5-11,13,15,25H,3-4,12H2,1-2H3/b17-13+. The minimum Gasteiger partial charge on any atom is -0.490 e. The van der Waals surface area contributed by atoms with Crippen molar-refractivity contribution in [1.29, 1.82) is 5.26 Å². The predicted molar refractivity (Wildman–Crippen MR) is 110 cm³/mol. The third-order valence-electron chi connectivity index (χ3n) is 4.26. The molecule has 1 N–H and O–H groups in total. The summed E-state index contributed by atoms with van der Waals surface area (Å²) in [6, 6.07) is 15.0. The summed E-state index contributed by atoms with van der Waals surface area (Å²) in [5.41, 5.74) is 2.01. The summed E-state index contributed by atoms with van der Waals surface area (Å²) in [6.45, 7) is 4.92. The number of hydrogen-bond donors (Lipinski definition) is 1. The number of ketones is 1. The van der Waals surface area contributed by atoms with E-state index in [2.05, 4.69) is 4.98 Å². The molecule has 1 aromatic heterocycles. The molecule has 0 bridgehead atoms. The molecule has 5 nitrogen and oxygen atoms in total. The van der Waals surface area contributed by atoms with E-state index in [0.717, 1.165) is 17.3 Å². The molecular weight excluding hydrogens is 352 g/mol. The van der Waals surface area contributed by atoms with Gasteiger partial charge in [0.25, 0.3) is 0 Å². The van der Waals surface area contributed by atoms with E-state index in [4.69, 9.17) is 9.47 Å². The Hall–Kier alpha value is -3.52. The highest BCUT2D eigenvalue weighted by molar-refractivity contribution is 6.19. The molecular formula is C23H22N2O3. The van der Waals surface area contributed by atoms with Crippen molar-refractivity contribution in [3.8, 4) is 17.6 Å². The minimum absolute atomic E-state index is 0.0414. The van der Waals surface area contributed by atoms with Crippen molar-refractivity contribution in [2.75, 3.05) is 13.2 Å². The Morgan fingerprint density at radius 3 is 2.71 bits per heavy atom. The molecule has 0 aliphatic carbocycles. The third kappa shape index (κ3) is 3.91. The first-order valence-electron chi connectivity index (χ1n) is 9.30. The van der Waals surface area contributed by atoms with Gasteiger partial charge in [-0.05, 0) is 31.6 Å². The van der Waals surface area contributed by atoms with E-state index in [9.17, 15) is 10.1 Å². The van der Waals surface area contributed by atoms with E-state index in [1.54, 1.807) is 12.3 Å². The minimum atomic E-state index is -0.330. The van der Waals surface area contributed by atoms with Crippen LogP contribution in [0, 0.1) is 11.3 Å². The number of nitrogens with zero attached hydrogens (tertiary/aromatic N) is 1. The lowest BCUT2D eigenvalue weighted by Crippen LogP contribution is -2.04. The number of hydrogen-bond acceptors (Lipinski definition) is 4. The lowest BCUT2D eigenvalue weighted by atomic mass is 10.0. The van der Waals surface area contributed by atoms with Crippen LogP contribution in [0.3, 0.4) is 0 Å². The lowest BCUT2D eigenvalue weighted by molar-refractivity contribution is 0.104. The maximum absolute atomic E-state index is 13.0. The number of benzene rings is 2. The molecule has 0 unspecified atom stereocenters. The van der Waals surface area contributed by atoms with Gasteiger partial charge in [0.2, 0.25) is 5.78 Å². The number of aromatic nitrogens is 1. The van der Waals surface area contributed by atoms with E-state index in [-0.39, 0.29) is 11.4 Å². The zero-order valence-corrected chi connectivity index (χ0v) is 16.0. The van der Waals surface area contributed by atoms with Crippen molar-refractivity contribution in [3.63, 3.8) is 0 Å². The van der Waals surface area contributed by atoms with Crippen LogP contribution in [0.15, 0.2) is 54.2 Å². The highest BCUT2D eigenvalue weighted by Gasteiger charge is 2.18. The first-order chi connectivity index (χ1) is 13.7. The van der Waals surface area contributed by atoms with Crippen LogP contribution >= 0.6 is 0 Å². The average Bonchev–Trinajstić information content (AvgIpc) is 3.15. The molecule has 5 heteroatoms. The van der Waals surface area contributed by atoms with Crippen molar-refractivity contribution in [2.45, 2.75) is 20.3 Å². The number of rotatable bonds is 8. The number of ether oxygens (including phenoxy) is 2. The highest BCUT2D eigenvalue weighted by atomic mass is 16.5. The Labute approximate surface area is 164 Å². The Bertz CT molecular complexity index is 1060. The van der Waals surface area contributed by atoms with Gasteiger partial charge in [-0.1, -0.05) is 37.3 Å². The molecule has 0 fully saturated rings. The first kappa shape index (κ1) is 19.2. The van der Waals surface area contributed by atoms with Crippen LogP contribution in [-0.4, -0.2) is 24.0 Å². The van der Waals surface area contributed by atoms with Crippen LogP contribution in [-0.2, 0) is 0 Å². The number of fused-ring (bicyclic) bond motifs is 1. The van der Waals surface area contributed by atoms with E-state index >= 15 is 0 Å². The number of aromatic amines is 1. The number of nitrogens with one attached hydrogen (secondary N) is 1. The maximum Gasteiger partial charge on any atom is 0.205 e. The van der Waals surface area contributed by atoms with Gasteiger partial charge in [-0.15, -0.1) is 0 Å². The molecule has 0 radical (unpaired) electrons. The Morgan fingerprint density at radius 2 is 1.96 bits per heavy atom. The molecule has 3 rings (SSSR count). The largest absolute Gasteiger partial charge is 0.490 e. The monoisotopic (exact) mass is 374 g/mol. The summed E-state index contributed by atoms with van der Waals surface area (Å²) in [6.07, 6.45) is 4.05. The number of allylic oxidation sites excluding steroid dienone is 1. The van der Waals surface area contributed by atoms with Crippen LogP contribution in [0.2, 0.25) is 0 Å². The second-order valence-corrected chi connectivity index (χ2v) is 6.20. The van der Waals surface area contributed by atoms with E-state index in [1.807, 2.05) is 62.4 Å². The smallest absolute Gasteiger partial charge is 0.205 e. The fraction of sp³-hybridized carbons (Fsp3) is 0.217. The molecule has 0 aliphatic heterocycles. The number of nitriles is 1. The number of para-hydroxylation sites is 2. The predicted octanol–water partition coefficient (Wildman–Crippen LogP) is 5.15. The van der Waals surface area contributed by atoms with Crippen molar-refractivity contribution in [1.82, 2.24) is 4.98 Å². The van der Waals surface area contributed by atoms with Gasteiger partial charge in [0.15, 0.2) is 11.5 Å².